The van der Waals surface area contributed by atoms with Gasteiger partial charge in [-0.1, -0.05) is 15.9 Å². The van der Waals surface area contributed by atoms with Gasteiger partial charge < -0.3 is 10.0 Å². The Kier molecular flexibility index (Phi) is 2.25. The monoisotopic (exact) mass is 254 g/mol. The lowest BCUT2D eigenvalue weighted by Crippen LogP contribution is -2.24. The highest BCUT2D eigenvalue weighted by molar-refractivity contribution is 9.11. The van der Waals surface area contributed by atoms with E-state index in [9.17, 15) is 4.79 Å². The van der Waals surface area contributed by atoms with Crippen molar-refractivity contribution >= 4 is 28.1 Å². The van der Waals surface area contributed by atoms with Crippen LogP contribution in [0.2, 0.25) is 0 Å². The summed E-state index contributed by atoms with van der Waals surface area (Å²) >= 11 is 3.35. The third-order valence-corrected chi connectivity index (χ3v) is 2.42. The van der Waals surface area contributed by atoms with E-state index < -0.39 is 5.97 Å². The van der Waals surface area contributed by atoms with Gasteiger partial charge in [0.1, 0.15) is 5.82 Å². The van der Waals surface area contributed by atoms with Gasteiger partial charge in [0.15, 0.2) is 0 Å². The summed E-state index contributed by atoms with van der Waals surface area (Å²) in [5.41, 5.74) is 0.198. The fourth-order valence-corrected chi connectivity index (χ4v) is 1.64. The van der Waals surface area contributed by atoms with Crippen LogP contribution in [0.5, 0.6) is 0 Å². The molecule has 0 amide bonds. The van der Waals surface area contributed by atoms with E-state index in [0.717, 1.165) is 10.3 Å². The van der Waals surface area contributed by atoms with Gasteiger partial charge in [-0.15, -0.1) is 0 Å². The van der Waals surface area contributed by atoms with Crippen LogP contribution in [-0.2, 0) is 4.79 Å². The van der Waals surface area contributed by atoms with Gasteiger partial charge in [-0.05, 0) is 12.2 Å². The number of nitrogens with zero attached hydrogens (tertiary/aromatic N) is 2. The molecule has 0 aromatic carbocycles. The fraction of sp³-hybridized carbons (Fsp3) is 0.111. The van der Waals surface area contributed by atoms with Gasteiger partial charge in [0.2, 0.25) is 0 Å². The average Bonchev–Trinajstić information content (AvgIpc) is 2.16. The highest BCUT2D eigenvalue weighted by atomic mass is 79.9. The number of carboxylic acid groups (broad SMARTS) is 1. The van der Waals surface area contributed by atoms with Crippen molar-refractivity contribution < 1.29 is 9.90 Å². The molecule has 0 unspecified atom stereocenters. The van der Waals surface area contributed by atoms with Gasteiger partial charge >= 0.3 is 5.97 Å². The lowest BCUT2D eigenvalue weighted by Gasteiger charge is -2.25. The van der Waals surface area contributed by atoms with Gasteiger partial charge in [0.25, 0.3) is 0 Å². The fourth-order valence-electron chi connectivity index (χ4n) is 1.23. The first-order valence-corrected chi connectivity index (χ1v) is 4.78. The first kappa shape index (κ1) is 9.21. The number of hydrogen-bond acceptors (Lipinski definition) is 3. The van der Waals surface area contributed by atoms with Gasteiger partial charge in [0.05, 0.1) is 12.1 Å². The molecule has 0 saturated carbocycles. The maximum absolute atomic E-state index is 10.7. The predicted molar refractivity (Wildman–Crippen MR) is 56.0 cm³/mol. The zero-order valence-electron chi connectivity index (χ0n) is 7.14. The standard InChI is InChI=1S/C9H7BrN2O2/c10-7-1-2-8-11-3-6(9(13)14)4-12(8)5-7/h1-4H,5H2,(H,13,14). The molecular formula is C9H7BrN2O2. The second-order valence-corrected chi connectivity index (χ2v) is 3.93. The molecule has 2 heterocycles. The lowest BCUT2D eigenvalue weighted by atomic mass is 10.2. The lowest BCUT2D eigenvalue weighted by molar-refractivity contribution is -0.132. The number of hydrogen-bond donors (Lipinski definition) is 1. The van der Waals surface area contributed by atoms with Crippen LogP contribution < -0.4 is 0 Å². The SMILES string of the molecule is O=C(O)C1=CN2CC(Br)=CC=C2N=C1. The van der Waals surface area contributed by atoms with Crippen LogP contribution in [0.15, 0.2) is 39.2 Å². The third kappa shape index (κ3) is 1.63. The van der Waals surface area contributed by atoms with Crippen LogP contribution >= 0.6 is 15.9 Å². The molecule has 0 radical (unpaired) electrons. The van der Waals surface area contributed by atoms with Gasteiger partial charge in [0, 0.05) is 16.9 Å². The van der Waals surface area contributed by atoms with Crippen molar-refractivity contribution in [3.8, 4) is 0 Å². The molecular weight excluding hydrogens is 248 g/mol. The number of halogens is 1. The zero-order chi connectivity index (χ0) is 10.1. The van der Waals surface area contributed by atoms with Crippen molar-refractivity contribution in [1.82, 2.24) is 4.90 Å². The number of carbonyl (C=O) groups is 1. The molecule has 72 valence electrons. The van der Waals surface area contributed by atoms with Crippen molar-refractivity contribution in [1.29, 1.82) is 0 Å². The second-order valence-electron chi connectivity index (χ2n) is 2.91. The molecule has 0 fully saturated rings. The zero-order valence-corrected chi connectivity index (χ0v) is 8.73. The number of aliphatic carboxylic acids is 1. The molecule has 2 aliphatic rings. The van der Waals surface area contributed by atoms with Crippen LogP contribution in [0.25, 0.3) is 0 Å². The van der Waals surface area contributed by atoms with E-state index in [4.69, 9.17) is 5.11 Å². The molecule has 5 heteroatoms. The molecule has 2 rings (SSSR count). The first-order valence-electron chi connectivity index (χ1n) is 3.99. The van der Waals surface area contributed by atoms with Crippen molar-refractivity contribution in [3.05, 3.63) is 34.2 Å². The summed E-state index contributed by atoms with van der Waals surface area (Å²) in [6.45, 7) is 0.625. The van der Waals surface area contributed by atoms with Crippen molar-refractivity contribution in [2.45, 2.75) is 0 Å². The third-order valence-electron chi connectivity index (χ3n) is 1.91. The van der Waals surface area contributed by atoms with Gasteiger partial charge in [-0.3, -0.25) is 0 Å². The molecule has 0 aliphatic carbocycles. The minimum Gasteiger partial charge on any atom is -0.478 e. The van der Waals surface area contributed by atoms with Crippen LogP contribution in [0.1, 0.15) is 0 Å². The van der Waals surface area contributed by atoms with E-state index >= 15 is 0 Å². The summed E-state index contributed by atoms with van der Waals surface area (Å²) in [5, 5.41) is 8.76. The summed E-state index contributed by atoms with van der Waals surface area (Å²) in [6, 6.07) is 0. The smallest absolute Gasteiger partial charge is 0.338 e. The second kappa shape index (κ2) is 3.42. The van der Waals surface area contributed by atoms with E-state index in [-0.39, 0.29) is 5.57 Å². The number of aliphatic imine (C=N–C) groups is 1. The Morgan fingerprint density at radius 1 is 1.57 bits per heavy atom. The Morgan fingerprint density at radius 3 is 3.07 bits per heavy atom. The Morgan fingerprint density at radius 2 is 2.36 bits per heavy atom. The van der Waals surface area contributed by atoms with Crippen molar-refractivity contribution in [3.63, 3.8) is 0 Å². The normalized spacial score (nSPS) is 19.5. The van der Waals surface area contributed by atoms with Gasteiger partial charge in [-0.25, -0.2) is 9.79 Å². The largest absolute Gasteiger partial charge is 0.478 e. The van der Waals surface area contributed by atoms with E-state index in [2.05, 4.69) is 20.9 Å². The first-order chi connectivity index (χ1) is 6.66. The molecule has 0 spiro atoms. The van der Waals surface area contributed by atoms with E-state index in [1.165, 1.54) is 6.21 Å². The molecule has 0 bridgehead atoms. The van der Waals surface area contributed by atoms with Crippen LogP contribution in [0, 0.1) is 0 Å². The molecule has 2 aliphatic heterocycles. The molecule has 0 atom stereocenters. The summed E-state index contributed by atoms with van der Waals surface area (Å²) in [7, 11) is 0. The minimum absolute atomic E-state index is 0.198. The van der Waals surface area contributed by atoms with Crippen LogP contribution in [-0.4, -0.2) is 28.7 Å². The minimum atomic E-state index is -0.960. The molecule has 0 saturated heterocycles. The number of rotatable bonds is 1. The topological polar surface area (TPSA) is 52.9 Å². The maximum atomic E-state index is 10.7. The summed E-state index contributed by atoms with van der Waals surface area (Å²) in [4.78, 5) is 16.5. The predicted octanol–water partition coefficient (Wildman–Crippen LogP) is 1.48. The van der Waals surface area contributed by atoms with E-state index in [1.54, 1.807) is 11.1 Å². The Labute approximate surface area is 89.1 Å². The van der Waals surface area contributed by atoms with Gasteiger partial charge in [-0.2, -0.15) is 0 Å². The Bertz CT molecular complexity index is 407. The molecule has 0 aromatic heterocycles. The molecule has 1 N–H and O–H groups in total. The number of allylic oxidation sites excluding steroid dienone is 2. The molecule has 4 nitrogen and oxygen atoms in total. The van der Waals surface area contributed by atoms with Crippen LogP contribution in [0.4, 0.5) is 0 Å². The molecule has 0 aromatic rings. The Balaban J connectivity index is 2.31. The number of carboxylic acids is 1. The van der Waals surface area contributed by atoms with Crippen molar-refractivity contribution in [2.24, 2.45) is 4.99 Å². The highest BCUT2D eigenvalue weighted by Crippen LogP contribution is 2.22. The quantitative estimate of drug-likeness (QED) is 0.772. The molecule has 14 heavy (non-hydrogen) atoms. The summed E-state index contributed by atoms with van der Waals surface area (Å²) < 4.78 is 0.999. The number of fused-ring (bicyclic) bond motifs is 1. The van der Waals surface area contributed by atoms with E-state index in [0.29, 0.717) is 6.54 Å². The van der Waals surface area contributed by atoms with E-state index in [1.807, 2.05) is 12.2 Å². The average molecular weight is 255 g/mol. The summed E-state index contributed by atoms with van der Waals surface area (Å²) in [6.07, 6.45) is 6.68. The van der Waals surface area contributed by atoms with Crippen molar-refractivity contribution in [2.75, 3.05) is 6.54 Å². The summed E-state index contributed by atoms with van der Waals surface area (Å²) in [5.74, 6) is -0.198. The van der Waals surface area contributed by atoms with Crippen LogP contribution in [0.3, 0.4) is 0 Å². The highest BCUT2D eigenvalue weighted by Gasteiger charge is 2.18. The Hall–Kier alpha value is -1.36. The maximum Gasteiger partial charge on any atom is 0.338 e.